The van der Waals surface area contributed by atoms with Crippen LogP contribution in [0.15, 0.2) is 0 Å². The van der Waals surface area contributed by atoms with E-state index >= 15 is 0 Å². The van der Waals surface area contributed by atoms with Crippen molar-refractivity contribution in [1.82, 2.24) is 0 Å². The van der Waals surface area contributed by atoms with Crippen molar-refractivity contribution in [3.63, 3.8) is 0 Å². The molecular formula is C73H142O6. The molecule has 6 nitrogen and oxygen atoms in total. The van der Waals surface area contributed by atoms with Crippen molar-refractivity contribution in [3.05, 3.63) is 0 Å². The number of rotatable bonds is 69. The summed E-state index contributed by atoms with van der Waals surface area (Å²) in [4.78, 5) is 38.4. The third-order valence-electron chi connectivity index (χ3n) is 17.1. The standard InChI is InChI=1S/C73H142O6/c1-4-7-10-13-16-19-22-25-27-29-31-32-33-34-35-36-37-38-39-40-42-43-45-48-51-54-57-60-63-66-72(75)78-69-70(68-77-71(74)65-62-59-56-53-50-47-24-21-18-15-12-9-6-3)79-73(76)67-64-61-58-55-52-49-46-44-41-30-28-26-23-20-17-14-11-8-5-2/h70H,4-69H2,1-3H3. The van der Waals surface area contributed by atoms with Gasteiger partial charge in [-0.2, -0.15) is 0 Å². The summed E-state index contributed by atoms with van der Waals surface area (Å²) in [5.74, 6) is -0.820. The molecule has 0 aliphatic rings. The number of unbranched alkanes of at least 4 members (excludes halogenated alkanes) is 58. The van der Waals surface area contributed by atoms with E-state index < -0.39 is 6.10 Å². The topological polar surface area (TPSA) is 78.9 Å². The molecule has 1 unspecified atom stereocenters. The molecular weight excluding hydrogens is 973 g/mol. The van der Waals surface area contributed by atoms with Crippen LogP contribution >= 0.6 is 0 Å². The number of ether oxygens (including phenoxy) is 3. The van der Waals surface area contributed by atoms with Crippen LogP contribution in [0.5, 0.6) is 0 Å². The maximum atomic E-state index is 12.9. The second kappa shape index (κ2) is 68.9. The Labute approximate surface area is 495 Å². The lowest BCUT2D eigenvalue weighted by atomic mass is 10.0. The molecule has 6 heteroatoms. The molecule has 0 N–H and O–H groups in total. The minimum atomic E-state index is -0.763. The summed E-state index contributed by atoms with van der Waals surface area (Å²) in [6.07, 6.45) is 81.5. The van der Waals surface area contributed by atoms with Crippen LogP contribution in [0.2, 0.25) is 0 Å². The van der Waals surface area contributed by atoms with E-state index in [4.69, 9.17) is 14.2 Å². The fraction of sp³-hybridized carbons (Fsp3) is 0.959. The molecule has 1 atom stereocenters. The molecule has 0 radical (unpaired) electrons. The van der Waals surface area contributed by atoms with Crippen LogP contribution in [0.25, 0.3) is 0 Å². The van der Waals surface area contributed by atoms with E-state index in [2.05, 4.69) is 20.8 Å². The minimum Gasteiger partial charge on any atom is -0.462 e. The summed E-state index contributed by atoms with van der Waals surface area (Å²) in [7, 11) is 0. The predicted octanol–water partition coefficient (Wildman–Crippen LogP) is 25.0. The Hall–Kier alpha value is -1.59. The van der Waals surface area contributed by atoms with E-state index in [1.165, 1.54) is 334 Å². The summed E-state index contributed by atoms with van der Waals surface area (Å²) < 4.78 is 17.0. The highest BCUT2D eigenvalue weighted by Gasteiger charge is 2.20. The first-order valence-electron chi connectivity index (χ1n) is 36.5. The second-order valence-corrected chi connectivity index (χ2v) is 25.2. The Morgan fingerprint density at radius 1 is 0.203 bits per heavy atom. The van der Waals surface area contributed by atoms with Crippen molar-refractivity contribution < 1.29 is 28.6 Å². The second-order valence-electron chi connectivity index (χ2n) is 25.2. The Balaban J connectivity index is 4.13. The third kappa shape index (κ3) is 67.1. The molecule has 0 spiro atoms. The molecule has 0 bridgehead atoms. The number of esters is 3. The van der Waals surface area contributed by atoms with Crippen LogP contribution in [0.1, 0.15) is 432 Å². The van der Waals surface area contributed by atoms with Crippen LogP contribution in [0.3, 0.4) is 0 Å². The lowest BCUT2D eigenvalue weighted by Crippen LogP contribution is -2.30. The summed E-state index contributed by atoms with van der Waals surface area (Å²) >= 11 is 0. The van der Waals surface area contributed by atoms with Crippen molar-refractivity contribution in [1.29, 1.82) is 0 Å². The molecule has 0 aliphatic heterocycles. The fourth-order valence-electron chi connectivity index (χ4n) is 11.6. The zero-order valence-electron chi connectivity index (χ0n) is 54.2. The van der Waals surface area contributed by atoms with Crippen molar-refractivity contribution in [2.45, 2.75) is 438 Å². The molecule has 0 aromatic carbocycles. The van der Waals surface area contributed by atoms with Crippen LogP contribution in [-0.4, -0.2) is 37.2 Å². The SMILES string of the molecule is CCCCCCCCCCCCCCCCCCCCCCCCCCCCCCCC(=O)OCC(COC(=O)CCCCCCCCCCCCCCC)OC(=O)CCCCCCCCCCCCCCCCCCCCC. The zero-order valence-corrected chi connectivity index (χ0v) is 54.2. The fourth-order valence-corrected chi connectivity index (χ4v) is 11.6. The van der Waals surface area contributed by atoms with Gasteiger partial charge in [-0.05, 0) is 19.3 Å². The monoisotopic (exact) mass is 1120 g/mol. The van der Waals surface area contributed by atoms with Gasteiger partial charge in [-0.3, -0.25) is 14.4 Å². The van der Waals surface area contributed by atoms with Gasteiger partial charge in [0.05, 0.1) is 0 Å². The van der Waals surface area contributed by atoms with Gasteiger partial charge in [0.25, 0.3) is 0 Å². The molecule has 0 saturated carbocycles. The van der Waals surface area contributed by atoms with Crippen molar-refractivity contribution in [2.24, 2.45) is 0 Å². The zero-order chi connectivity index (χ0) is 57.1. The number of carbonyl (C=O) groups is 3. The quantitative estimate of drug-likeness (QED) is 0.0343. The number of carbonyl (C=O) groups excluding carboxylic acids is 3. The van der Waals surface area contributed by atoms with E-state index in [1.54, 1.807) is 0 Å². The molecule has 0 aromatic heterocycles. The molecule has 470 valence electrons. The van der Waals surface area contributed by atoms with Crippen LogP contribution in [0, 0.1) is 0 Å². The Morgan fingerprint density at radius 3 is 0.506 bits per heavy atom. The first kappa shape index (κ1) is 77.4. The summed E-state index contributed by atoms with van der Waals surface area (Å²) in [5, 5.41) is 0. The molecule has 0 amide bonds. The van der Waals surface area contributed by atoms with E-state index in [-0.39, 0.29) is 31.1 Å². The van der Waals surface area contributed by atoms with Gasteiger partial charge in [0, 0.05) is 19.3 Å². The minimum absolute atomic E-state index is 0.0602. The summed E-state index contributed by atoms with van der Waals surface area (Å²) in [6, 6.07) is 0. The first-order chi connectivity index (χ1) is 39.0. The Kier molecular flexibility index (Phi) is 67.5. The van der Waals surface area contributed by atoms with E-state index in [9.17, 15) is 14.4 Å². The first-order valence-corrected chi connectivity index (χ1v) is 36.5. The highest BCUT2D eigenvalue weighted by Crippen LogP contribution is 2.20. The summed E-state index contributed by atoms with van der Waals surface area (Å²) in [6.45, 7) is 6.74. The smallest absolute Gasteiger partial charge is 0.306 e. The van der Waals surface area contributed by atoms with Gasteiger partial charge < -0.3 is 14.2 Å². The van der Waals surface area contributed by atoms with E-state index in [0.717, 1.165) is 57.8 Å². The molecule has 0 aliphatic carbocycles. The van der Waals surface area contributed by atoms with Crippen molar-refractivity contribution in [2.75, 3.05) is 13.2 Å². The molecule has 0 fully saturated rings. The van der Waals surface area contributed by atoms with Gasteiger partial charge in [0.2, 0.25) is 0 Å². The maximum Gasteiger partial charge on any atom is 0.306 e. The molecule has 0 aromatic rings. The molecule has 0 heterocycles. The molecule has 0 saturated heterocycles. The van der Waals surface area contributed by atoms with Crippen LogP contribution < -0.4 is 0 Å². The molecule has 79 heavy (non-hydrogen) atoms. The molecule has 0 rings (SSSR count). The van der Waals surface area contributed by atoms with Gasteiger partial charge in [0.15, 0.2) is 6.10 Å². The summed E-state index contributed by atoms with van der Waals surface area (Å²) in [5.41, 5.74) is 0. The number of hydrogen-bond acceptors (Lipinski definition) is 6. The van der Waals surface area contributed by atoms with Gasteiger partial charge in [-0.25, -0.2) is 0 Å². The average Bonchev–Trinajstić information content (AvgIpc) is 3.45. The van der Waals surface area contributed by atoms with Crippen LogP contribution in [0.4, 0.5) is 0 Å². The van der Waals surface area contributed by atoms with Crippen molar-refractivity contribution in [3.8, 4) is 0 Å². The van der Waals surface area contributed by atoms with E-state index in [0.29, 0.717) is 19.3 Å². The van der Waals surface area contributed by atoms with E-state index in [1.807, 2.05) is 0 Å². The Morgan fingerprint density at radius 2 is 0.342 bits per heavy atom. The van der Waals surface area contributed by atoms with Crippen molar-refractivity contribution >= 4 is 17.9 Å². The normalized spacial score (nSPS) is 11.9. The number of hydrogen-bond donors (Lipinski definition) is 0. The van der Waals surface area contributed by atoms with Gasteiger partial charge in [0.1, 0.15) is 13.2 Å². The lowest BCUT2D eigenvalue weighted by molar-refractivity contribution is -0.167. The largest absolute Gasteiger partial charge is 0.462 e. The maximum absolute atomic E-state index is 12.9. The Bertz CT molecular complexity index is 1190. The van der Waals surface area contributed by atoms with Crippen LogP contribution in [-0.2, 0) is 28.6 Å². The highest BCUT2D eigenvalue weighted by molar-refractivity contribution is 5.71. The van der Waals surface area contributed by atoms with Gasteiger partial charge in [-0.1, -0.05) is 393 Å². The van der Waals surface area contributed by atoms with Gasteiger partial charge in [-0.15, -0.1) is 0 Å². The van der Waals surface area contributed by atoms with Gasteiger partial charge >= 0.3 is 17.9 Å². The highest BCUT2D eigenvalue weighted by atomic mass is 16.6. The third-order valence-corrected chi connectivity index (χ3v) is 17.1. The lowest BCUT2D eigenvalue weighted by Gasteiger charge is -2.18. The average molecular weight is 1120 g/mol. The predicted molar refractivity (Wildman–Crippen MR) is 344 cm³/mol.